The molecule has 1 aromatic rings. The van der Waals surface area contributed by atoms with Crippen LogP contribution in [0.5, 0.6) is 0 Å². The molecule has 188 valence electrons. The number of carbonyl (C=O) groups is 1. The van der Waals surface area contributed by atoms with Crippen LogP contribution in [0.25, 0.3) is 0 Å². The number of rotatable bonds is 5. The summed E-state index contributed by atoms with van der Waals surface area (Å²) in [6.45, 7) is 4.41. The van der Waals surface area contributed by atoms with Crippen molar-refractivity contribution in [2.24, 2.45) is 0 Å². The fourth-order valence-corrected chi connectivity index (χ4v) is 4.03. The zero-order valence-corrected chi connectivity index (χ0v) is 18.8. The topological polar surface area (TPSA) is 91.0 Å². The number of halogens is 6. The summed E-state index contributed by atoms with van der Waals surface area (Å²) in [6.07, 6.45) is -11.4. The maximum Gasteiger partial charge on any atom is 0.440 e. The molecule has 15 heteroatoms. The van der Waals surface area contributed by atoms with Crippen LogP contribution in [0.4, 0.5) is 31.1 Å². The maximum atomic E-state index is 13.1. The van der Waals surface area contributed by atoms with Crippen LogP contribution in [-0.4, -0.2) is 55.7 Å². The first-order valence-corrected chi connectivity index (χ1v) is 11.1. The summed E-state index contributed by atoms with van der Waals surface area (Å²) >= 11 is 0. The lowest BCUT2D eigenvalue weighted by Crippen LogP contribution is -2.59. The average molecular weight is 506 g/mol. The molecule has 1 aliphatic rings. The summed E-state index contributed by atoms with van der Waals surface area (Å²) in [4.78, 5) is 12.6. The summed E-state index contributed by atoms with van der Waals surface area (Å²) in [7, 11) is -4.74. The molecule has 0 unspecified atom stereocenters. The minimum absolute atomic E-state index is 0.0638. The Labute approximate surface area is 187 Å². The zero-order valence-electron chi connectivity index (χ0n) is 18.0. The smallest absolute Gasteiger partial charge is 0.440 e. The van der Waals surface area contributed by atoms with Gasteiger partial charge in [0.25, 0.3) is 0 Å². The van der Waals surface area contributed by atoms with Gasteiger partial charge in [-0.15, -0.1) is 4.41 Å². The van der Waals surface area contributed by atoms with E-state index in [2.05, 4.69) is 5.32 Å². The first kappa shape index (κ1) is 27.1. The van der Waals surface area contributed by atoms with Crippen molar-refractivity contribution in [2.75, 3.05) is 26.2 Å². The normalized spacial score (nSPS) is 16.5. The molecule has 0 bridgehead atoms. The minimum atomic E-state index is -5.09. The van der Waals surface area contributed by atoms with E-state index in [1.165, 1.54) is 20.8 Å². The van der Waals surface area contributed by atoms with Crippen LogP contribution in [0.15, 0.2) is 18.2 Å². The van der Waals surface area contributed by atoms with Crippen molar-refractivity contribution < 1.29 is 44.3 Å². The molecule has 0 radical (unpaired) electrons. The highest BCUT2D eigenvalue weighted by atomic mass is 32.2. The second-order valence-corrected chi connectivity index (χ2v) is 9.75. The van der Waals surface area contributed by atoms with Gasteiger partial charge >= 0.3 is 28.7 Å². The molecule has 1 saturated heterocycles. The average Bonchev–Trinajstić information content (AvgIpc) is 2.64. The molecule has 1 aliphatic heterocycles. The van der Waals surface area contributed by atoms with Crippen LogP contribution in [0.1, 0.15) is 37.5 Å². The minimum Gasteiger partial charge on any atom is -0.442 e. The van der Waals surface area contributed by atoms with Crippen LogP contribution in [0.3, 0.4) is 0 Å². The van der Waals surface area contributed by atoms with Gasteiger partial charge < -0.3 is 10.1 Å². The second-order valence-electron chi connectivity index (χ2n) is 8.17. The van der Waals surface area contributed by atoms with Gasteiger partial charge in [-0.2, -0.15) is 44.5 Å². The molecule has 0 saturated carbocycles. The van der Waals surface area contributed by atoms with Gasteiger partial charge in [0.1, 0.15) is 5.60 Å². The number of hydrazine groups is 1. The van der Waals surface area contributed by atoms with Gasteiger partial charge in [0.05, 0.1) is 11.1 Å². The van der Waals surface area contributed by atoms with Crippen LogP contribution in [0, 0.1) is 0 Å². The van der Waals surface area contributed by atoms with Gasteiger partial charge in [-0.25, -0.2) is 4.79 Å². The Hall–Kier alpha value is -2.10. The van der Waals surface area contributed by atoms with Crippen molar-refractivity contribution in [2.45, 2.75) is 45.3 Å². The molecule has 33 heavy (non-hydrogen) atoms. The summed E-state index contributed by atoms with van der Waals surface area (Å²) in [6, 6.07) is 0.743. The molecule has 2 N–H and O–H groups in total. The highest BCUT2D eigenvalue weighted by Crippen LogP contribution is 2.36. The third kappa shape index (κ3) is 7.72. The lowest BCUT2D eigenvalue weighted by molar-refractivity contribution is -0.143. The highest BCUT2D eigenvalue weighted by molar-refractivity contribution is 7.87. The van der Waals surface area contributed by atoms with E-state index in [-0.39, 0.29) is 19.2 Å². The van der Waals surface area contributed by atoms with Gasteiger partial charge in [0.15, 0.2) is 0 Å². The van der Waals surface area contributed by atoms with Crippen molar-refractivity contribution in [1.82, 2.24) is 19.5 Å². The van der Waals surface area contributed by atoms with E-state index in [9.17, 15) is 39.6 Å². The van der Waals surface area contributed by atoms with E-state index >= 15 is 0 Å². The third-order valence-electron chi connectivity index (χ3n) is 4.23. The number of hydrogen-bond donors (Lipinski definition) is 2. The fourth-order valence-electron chi connectivity index (χ4n) is 2.86. The number of ether oxygens (including phenoxy) is 1. The molecule has 1 amide bonds. The number of carbonyl (C=O) groups excluding carboxylic acids is 1. The quantitative estimate of drug-likeness (QED) is 0.597. The van der Waals surface area contributed by atoms with E-state index in [1.807, 2.05) is 4.72 Å². The number of benzene rings is 1. The zero-order chi connectivity index (χ0) is 25.2. The Morgan fingerprint density at radius 2 is 1.52 bits per heavy atom. The molecule has 1 fully saturated rings. The van der Waals surface area contributed by atoms with E-state index in [1.54, 1.807) is 0 Å². The number of hydrogen-bond acceptors (Lipinski definition) is 6. The molecule has 1 heterocycles. The predicted octanol–water partition coefficient (Wildman–Crippen LogP) is 3.12. The Balaban J connectivity index is 2.35. The van der Waals surface area contributed by atoms with Gasteiger partial charge in [-0.1, -0.05) is 0 Å². The summed E-state index contributed by atoms with van der Waals surface area (Å²) in [5.74, 6) is 0. The van der Waals surface area contributed by atoms with Crippen LogP contribution < -0.4 is 10.0 Å². The van der Waals surface area contributed by atoms with Gasteiger partial charge in [-0.3, -0.25) is 0 Å². The predicted molar refractivity (Wildman–Crippen MR) is 105 cm³/mol. The number of nitrogens with one attached hydrogen (secondary N) is 2. The molecule has 1 aromatic carbocycles. The molecule has 2 rings (SSSR count). The van der Waals surface area contributed by atoms with E-state index < -0.39 is 57.5 Å². The first-order valence-electron chi connectivity index (χ1n) is 9.67. The van der Waals surface area contributed by atoms with Gasteiger partial charge in [0.2, 0.25) is 0 Å². The van der Waals surface area contributed by atoms with Crippen molar-refractivity contribution in [3.63, 3.8) is 0 Å². The van der Waals surface area contributed by atoms with Crippen LogP contribution >= 0.6 is 0 Å². The number of alkyl halides is 6. The summed E-state index contributed by atoms with van der Waals surface area (Å²) < 4.78 is 111. The van der Waals surface area contributed by atoms with Crippen molar-refractivity contribution >= 4 is 16.3 Å². The van der Waals surface area contributed by atoms with Crippen LogP contribution in [0.2, 0.25) is 0 Å². The lowest BCUT2D eigenvalue weighted by atomic mass is 10.0. The van der Waals surface area contributed by atoms with E-state index in [0.29, 0.717) is 29.6 Å². The second kappa shape index (κ2) is 9.64. The Morgan fingerprint density at radius 3 is 1.94 bits per heavy atom. The Kier molecular flexibility index (Phi) is 7.93. The largest absolute Gasteiger partial charge is 0.442 e. The Bertz CT molecular complexity index is 922. The monoisotopic (exact) mass is 506 g/mol. The van der Waals surface area contributed by atoms with Crippen LogP contribution in [-0.2, 0) is 33.8 Å². The Morgan fingerprint density at radius 1 is 1.03 bits per heavy atom. The van der Waals surface area contributed by atoms with Gasteiger partial charge in [0, 0.05) is 32.7 Å². The molecular weight excluding hydrogens is 482 g/mol. The molecular formula is C18H24F6N4O4S. The van der Waals surface area contributed by atoms with E-state index in [4.69, 9.17) is 4.74 Å². The number of piperazine rings is 1. The highest BCUT2D eigenvalue weighted by Gasteiger charge is 2.39. The summed E-state index contributed by atoms with van der Waals surface area (Å²) in [5, 5.41) is 4.11. The van der Waals surface area contributed by atoms with Crippen molar-refractivity contribution in [3.8, 4) is 0 Å². The first-order chi connectivity index (χ1) is 14.9. The molecule has 0 aromatic heterocycles. The maximum absolute atomic E-state index is 13.1. The molecule has 0 atom stereocenters. The number of nitrogens with zero attached hydrogens (tertiary/aromatic N) is 2. The fraction of sp³-hybridized carbons (Fsp3) is 0.611. The molecule has 0 spiro atoms. The van der Waals surface area contributed by atoms with Crippen molar-refractivity contribution in [3.05, 3.63) is 34.9 Å². The lowest BCUT2D eigenvalue weighted by Gasteiger charge is -2.36. The number of amides is 1. The van der Waals surface area contributed by atoms with E-state index in [0.717, 1.165) is 5.01 Å². The summed E-state index contributed by atoms with van der Waals surface area (Å²) in [5.41, 5.74) is -4.83. The SMILES string of the molecule is CC(C)(C)OC(=O)N(N1CCNCC1)S(=O)(=O)NCc1cc(C(F)(F)F)cc(C(F)(F)F)c1. The molecule has 0 aliphatic carbocycles. The third-order valence-corrected chi connectivity index (χ3v) is 5.58. The molecule has 8 nitrogen and oxygen atoms in total. The standard InChI is InChI=1S/C18H24F6N4O4S/c1-16(2,3)32-15(29)28(27-6-4-25-5-7-27)33(30,31)26-11-12-8-13(17(19,20)21)10-14(9-12)18(22,23)24/h8-10,25-26H,4-7,11H2,1-3H3. The van der Waals surface area contributed by atoms with Gasteiger partial charge in [-0.05, 0) is 44.5 Å². The van der Waals surface area contributed by atoms with Crippen molar-refractivity contribution in [1.29, 1.82) is 0 Å².